The van der Waals surface area contributed by atoms with Crippen LogP contribution in [0.4, 0.5) is 10.1 Å². The second-order valence-corrected chi connectivity index (χ2v) is 5.17. The lowest BCUT2D eigenvalue weighted by Gasteiger charge is -2.08. The summed E-state index contributed by atoms with van der Waals surface area (Å²) in [6.07, 6.45) is 0. The minimum atomic E-state index is -0.955. The molecule has 25 heavy (non-hydrogen) atoms. The van der Waals surface area contributed by atoms with Crippen LogP contribution in [0, 0.1) is 15.9 Å². The van der Waals surface area contributed by atoms with Gasteiger partial charge >= 0.3 is 5.97 Å². The third-order valence-electron chi connectivity index (χ3n) is 3.17. The van der Waals surface area contributed by atoms with E-state index < -0.39 is 34.8 Å². The fraction of sp³-hybridized carbons (Fsp3) is 0.125. The van der Waals surface area contributed by atoms with Gasteiger partial charge in [-0.1, -0.05) is 11.6 Å². The summed E-state index contributed by atoms with van der Waals surface area (Å²) in [7, 11) is 1.31. The average molecular weight is 368 g/mol. The first-order valence-corrected chi connectivity index (χ1v) is 7.19. The highest BCUT2D eigenvalue weighted by atomic mass is 35.5. The van der Waals surface area contributed by atoms with Gasteiger partial charge in [-0.05, 0) is 30.3 Å². The molecular formula is C16H11ClFNO6. The molecule has 0 unspecified atom stereocenters. The van der Waals surface area contributed by atoms with Crippen molar-refractivity contribution < 1.29 is 28.4 Å². The predicted octanol–water partition coefficient (Wildman–Crippen LogP) is 3.44. The topological polar surface area (TPSA) is 95.7 Å². The van der Waals surface area contributed by atoms with Crippen LogP contribution in [0.15, 0.2) is 36.4 Å². The molecule has 0 bridgehead atoms. The SMILES string of the molecule is COc1ccc(F)cc1C(=O)COC(=O)c1ccc(Cl)c([N+](=O)[O-])c1. The second kappa shape index (κ2) is 7.71. The largest absolute Gasteiger partial charge is 0.496 e. The van der Waals surface area contributed by atoms with Crippen LogP contribution in [0.1, 0.15) is 20.7 Å². The smallest absolute Gasteiger partial charge is 0.338 e. The monoisotopic (exact) mass is 367 g/mol. The Labute approximate surface area is 146 Å². The Hall–Kier alpha value is -3.00. The number of carbonyl (C=O) groups is 2. The number of nitro benzene ring substituents is 1. The number of hydrogen-bond donors (Lipinski definition) is 0. The number of esters is 1. The molecule has 0 atom stereocenters. The molecule has 0 radical (unpaired) electrons. The summed E-state index contributed by atoms with van der Waals surface area (Å²) in [6.45, 7) is -0.685. The molecule has 0 aliphatic carbocycles. The third kappa shape index (κ3) is 4.30. The van der Waals surface area contributed by atoms with Gasteiger partial charge in [-0.2, -0.15) is 0 Å². The van der Waals surface area contributed by atoms with Gasteiger partial charge < -0.3 is 9.47 Å². The molecule has 2 rings (SSSR count). The lowest BCUT2D eigenvalue weighted by molar-refractivity contribution is -0.384. The van der Waals surface area contributed by atoms with Gasteiger partial charge in [0.25, 0.3) is 5.69 Å². The van der Waals surface area contributed by atoms with E-state index in [0.29, 0.717) is 0 Å². The summed E-state index contributed by atoms with van der Waals surface area (Å²) in [5.74, 6) is -2.16. The van der Waals surface area contributed by atoms with Crippen molar-refractivity contribution >= 4 is 29.0 Å². The van der Waals surface area contributed by atoms with Crippen LogP contribution >= 0.6 is 11.6 Å². The first-order valence-electron chi connectivity index (χ1n) is 6.81. The fourth-order valence-electron chi connectivity index (χ4n) is 1.97. The van der Waals surface area contributed by atoms with Crippen LogP contribution in [0.3, 0.4) is 0 Å². The number of benzene rings is 2. The van der Waals surface area contributed by atoms with Crippen LogP contribution in [0.25, 0.3) is 0 Å². The van der Waals surface area contributed by atoms with Gasteiger partial charge in [-0.15, -0.1) is 0 Å². The van der Waals surface area contributed by atoms with E-state index in [0.717, 1.165) is 18.2 Å². The van der Waals surface area contributed by atoms with Crippen molar-refractivity contribution in [1.29, 1.82) is 0 Å². The zero-order valence-corrected chi connectivity index (χ0v) is 13.6. The number of rotatable bonds is 6. The predicted molar refractivity (Wildman–Crippen MR) is 85.7 cm³/mol. The first-order chi connectivity index (χ1) is 11.8. The molecule has 0 aromatic heterocycles. The van der Waals surface area contributed by atoms with E-state index in [1.165, 1.54) is 25.3 Å². The van der Waals surface area contributed by atoms with Gasteiger partial charge in [-0.25, -0.2) is 9.18 Å². The van der Waals surface area contributed by atoms with Crippen LogP contribution < -0.4 is 4.74 Å². The molecule has 0 N–H and O–H groups in total. The van der Waals surface area contributed by atoms with Crippen molar-refractivity contribution in [1.82, 2.24) is 0 Å². The molecule has 0 saturated carbocycles. The maximum Gasteiger partial charge on any atom is 0.338 e. The molecule has 0 aliphatic rings. The van der Waals surface area contributed by atoms with Crippen LogP contribution in [0.5, 0.6) is 5.75 Å². The lowest BCUT2D eigenvalue weighted by atomic mass is 10.1. The quantitative estimate of drug-likeness (QED) is 0.336. The van der Waals surface area contributed by atoms with E-state index in [9.17, 15) is 24.1 Å². The zero-order chi connectivity index (χ0) is 18.6. The molecule has 130 valence electrons. The lowest BCUT2D eigenvalue weighted by Crippen LogP contribution is -2.15. The molecule has 0 heterocycles. The fourth-order valence-corrected chi connectivity index (χ4v) is 2.16. The van der Waals surface area contributed by atoms with Crippen LogP contribution in [-0.2, 0) is 4.74 Å². The normalized spacial score (nSPS) is 10.2. The van der Waals surface area contributed by atoms with E-state index in [2.05, 4.69) is 0 Å². The number of nitro groups is 1. The van der Waals surface area contributed by atoms with Gasteiger partial charge in [0.2, 0.25) is 5.78 Å². The Balaban J connectivity index is 2.12. The number of hydrogen-bond acceptors (Lipinski definition) is 6. The number of ketones is 1. The third-order valence-corrected chi connectivity index (χ3v) is 3.49. The molecule has 0 aliphatic heterocycles. The highest BCUT2D eigenvalue weighted by molar-refractivity contribution is 6.32. The molecule has 0 fully saturated rings. The molecule has 9 heteroatoms. The molecule has 2 aromatic carbocycles. The summed E-state index contributed by atoms with van der Waals surface area (Å²) < 4.78 is 23.1. The molecular weight excluding hydrogens is 357 g/mol. The number of nitrogens with zero attached hydrogens (tertiary/aromatic N) is 1. The Morgan fingerprint density at radius 2 is 1.96 bits per heavy atom. The Morgan fingerprint density at radius 3 is 2.60 bits per heavy atom. The summed E-state index contributed by atoms with van der Waals surface area (Å²) in [5.41, 5.74) is -0.693. The summed E-state index contributed by atoms with van der Waals surface area (Å²) in [4.78, 5) is 34.1. The summed E-state index contributed by atoms with van der Waals surface area (Å²) in [6, 6.07) is 6.69. The average Bonchev–Trinajstić information content (AvgIpc) is 2.59. The molecule has 7 nitrogen and oxygen atoms in total. The molecule has 0 amide bonds. The van der Waals surface area contributed by atoms with Crippen molar-refractivity contribution in [3.8, 4) is 5.75 Å². The van der Waals surface area contributed by atoms with Crippen molar-refractivity contribution in [3.63, 3.8) is 0 Å². The molecule has 0 saturated heterocycles. The highest BCUT2D eigenvalue weighted by Crippen LogP contribution is 2.25. The number of carbonyl (C=O) groups excluding carboxylic acids is 2. The van der Waals surface area contributed by atoms with E-state index in [4.69, 9.17) is 21.1 Å². The number of methoxy groups -OCH3 is 1. The molecule has 2 aromatic rings. The zero-order valence-electron chi connectivity index (χ0n) is 12.8. The van der Waals surface area contributed by atoms with Crippen molar-refractivity contribution in [2.45, 2.75) is 0 Å². The Kier molecular flexibility index (Phi) is 5.66. The Morgan fingerprint density at radius 1 is 1.24 bits per heavy atom. The van der Waals surface area contributed by atoms with Crippen molar-refractivity contribution in [2.75, 3.05) is 13.7 Å². The van der Waals surface area contributed by atoms with Crippen molar-refractivity contribution in [2.24, 2.45) is 0 Å². The van der Waals surface area contributed by atoms with Gasteiger partial charge in [0.1, 0.15) is 16.6 Å². The number of Topliss-reactive ketones (excluding diaryl/α,β-unsaturated/α-hetero) is 1. The molecule has 0 spiro atoms. The summed E-state index contributed by atoms with van der Waals surface area (Å²) >= 11 is 5.65. The summed E-state index contributed by atoms with van der Waals surface area (Å²) in [5, 5.41) is 10.7. The van der Waals surface area contributed by atoms with Gasteiger partial charge in [-0.3, -0.25) is 14.9 Å². The van der Waals surface area contributed by atoms with Crippen LogP contribution in [0.2, 0.25) is 5.02 Å². The van der Waals surface area contributed by atoms with Gasteiger partial charge in [0.05, 0.1) is 23.2 Å². The van der Waals surface area contributed by atoms with E-state index >= 15 is 0 Å². The van der Waals surface area contributed by atoms with Crippen LogP contribution in [-0.4, -0.2) is 30.4 Å². The minimum Gasteiger partial charge on any atom is -0.496 e. The first kappa shape index (κ1) is 18.3. The van der Waals surface area contributed by atoms with E-state index in [1.807, 2.05) is 0 Å². The number of halogens is 2. The van der Waals surface area contributed by atoms with Gasteiger partial charge in [0.15, 0.2) is 6.61 Å². The van der Waals surface area contributed by atoms with Crippen molar-refractivity contribution in [3.05, 3.63) is 68.5 Å². The minimum absolute atomic E-state index is 0.0858. The maximum absolute atomic E-state index is 13.3. The number of ether oxygens (including phenoxy) is 2. The highest BCUT2D eigenvalue weighted by Gasteiger charge is 2.19. The van der Waals surface area contributed by atoms with E-state index in [1.54, 1.807) is 0 Å². The maximum atomic E-state index is 13.3. The van der Waals surface area contributed by atoms with E-state index in [-0.39, 0.29) is 21.9 Å². The Bertz CT molecular complexity index is 855. The van der Waals surface area contributed by atoms with Gasteiger partial charge in [0, 0.05) is 6.07 Å². The second-order valence-electron chi connectivity index (χ2n) is 4.77. The standard InChI is InChI=1S/C16H11ClFNO6/c1-24-15-5-3-10(18)7-11(15)14(20)8-25-16(21)9-2-4-12(17)13(6-9)19(22)23/h2-7H,8H2,1H3.